The van der Waals surface area contributed by atoms with Gasteiger partial charge < -0.3 is 16.4 Å². The van der Waals surface area contributed by atoms with Crippen LogP contribution in [0.25, 0.3) is 11.1 Å². The molecule has 1 atom stereocenters. The van der Waals surface area contributed by atoms with Crippen LogP contribution < -0.4 is 16.4 Å². The third kappa shape index (κ3) is 5.79. The monoisotopic (exact) mass is 455 g/mol. The van der Waals surface area contributed by atoms with E-state index in [0.29, 0.717) is 17.9 Å². The molecule has 0 radical (unpaired) electrons. The normalized spacial score (nSPS) is 11.8. The van der Waals surface area contributed by atoms with Crippen LogP contribution in [0.1, 0.15) is 29.2 Å². The molecular formula is C25H29N9. The minimum absolute atomic E-state index is 0.135. The summed E-state index contributed by atoms with van der Waals surface area (Å²) in [5.41, 5.74) is 11.9. The first-order valence-corrected chi connectivity index (χ1v) is 11.2. The lowest BCUT2D eigenvalue weighted by Gasteiger charge is -2.19. The predicted octanol–water partition coefficient (Wildman–Crippen LogP) is 3.05. The van der Waals surface area contributed by atoms with E-state index < -0.39 is 0 Å². The molecule has 3 heterocycles. The van der Waals surface area contributed by atoms with Crippen molar-refractivity contribution in [3.63, 3.8) is 0 Å². The average molecular weight is 456 g/mol. The largest absolute Gasteiger partial charge is 0.382 e. The van der Waals surface area contributed by atoms with E-state index in [1.807, 2.05) is 73.9 Å². The van der Waals surface area contributed by atoms with Gasteiger partial charge in [-0.3, -0.25) is 9.36 Å². The third-order valence-corrected chi connectivity index (χ3v) is 5.72. The molecule has 9 nitrogen and oxygen atoms in total. The second-order valence-corrected chi connectivity index (χ2v) is 8.29. The van der Waals surface area contributed by atoms with E-state index in [2.05, 4.69) is 31.9 Å². The molecule has 4 aromatic rings. The zero-order valence-corrected chi connectivity index (χ0v) is 19.4. The number of aryl methyl sites for hydroxylation is 2. The lowest BCUT2D eigenvalue weighted by Crippen LogP contribution is -2.25. The first-order chi connectivity index (χ1) is 16.5. The fraction of sp³-hybridized carbons (Fsp3) is 0.280. The standard InChI is InChI=1S/C25H29N9/c1-33-16-21(14-31-33)20-11-24(25(27)30-13-20)29-10-8-23(22-15-32-34(2)17-22)28-9-7-18-3-5-19(12-26)6-4-18/h3-6,11,13-17,23,28-29H,7-10H2,1-2H3,(H2,27,30). The zero-order chi connectivity index (χ0) is 23.9. The Kier molecular flexibility index (Phi) is 7.20. The molecule has 0 bridgehead atoms. The summed E-state index contributed by atoms with van der Waals surface area (Å²) >= 11 is 0. The number of nitriles is 1. The maximum absolute atomic E-state index is 8.97. The van der Waals surface area contributed by atoms with Crippen molar-refractivity contribution < 1.29 is 0 Å². The van der Waals surface area contributed by atoms with Gasteiger partial charge in [-0.25, -0.2) is 4.98 Å². The van der Waals surface area contributed by atoms with Gasteiger partial charge in [0.05, 0.1) is 29.7 Å². The molecule has 0 amide bonds. The Morgan fingerprint density at radius 2 is 1.76 bits per heavy atom. The number of nitrogen functional groups attached to an aromatic ring is 1. The summed E-state index contributed by atoms with van der Waals surface area (Å²) in [5, 5.41) is 24.6. The highest BCUT2D eigenvalue weighted by Crippen LogP contribution is 2.25. The number of anilines is 2. The van der Waals surface area contributed by atoms with Crippen molar-refractivity contribution in [1.29, 1.82) is 5.26 Å². The molecule has 0 saturated heterocycles. The molecule has 1 aromatic carbocycles. The number of nitrogens with zero attached hydrogens (tertiary/aromatic N) is 6. The van der Waals surface area contributed by atoms with Crippen LogP contribution in [0.4, 0.5) is 11.5 Å². The molecule has 4 N–H and O–H groups in total. The number of nitrogens with one attached hydrogen (secondary N) is 2. The van der Waals surface area contributed by atoms with Gasteiger partial charge in [-0.1, -0.05) is 12.1 Å². The number of hydrogen-bond acceptors (Lipinski definition) is 7. The highest BCUT2D eigenvalue weighted by Gasteiger charge is 2.14. The van der Waals surface area contributed by atoms with Crippen LogP contribution in [0.15, 0.2) is 61.3 Å². The van der Waals surface area contributed by atoms with Gasteiger partial charge in [0.15, 0.2) is 0 Å². The number of rotatable bonds is 10. The van der Waals surface area contributed by atoms with Crippen LogP contribution in [-0.2, 0) is 20.5 Å². The Hall–Kier alpha value is -4.16. The van der Waals surface area contributed by atoms with Crippen molar-refractivity contribution >= 4 is 11.5 Å². The minimum Gasteiger partial charge on any atom is -0.382 e. The maximum atomic E-state index is 8.97. The van der Waals surface area contributed by atoms with Gasteiger partial charge in [0.25, 0.3) is 0 Å². The lowest BCUT2D eigenvalue weighted by atomic mass is 10.1. The number of pyridine rings is 1. The average Bonchev–Trinajstić information content (AvgIpc) is 3.48. The van der Waals surface area contributed by atoms with Crippen LogP contribution in [0.2, 0.25) is 0 Å². The topological polar surface area (TPSA) is 122 Å². The molecule has 9 heteroatoms. The summed E-state index contributed by atoms with van der Waals surface area (Å²) in [4.78, 5) is 4.35. The van der Waals surface area contributed by atoms with E-state index in [9.17, 15) is 0 Å². The molecule has 0 aliphatic rings. The highest BCUT2D eigenvalue weighted by atomic mass is 15.2. The van der Waals surface area contributed by atoms with Gasteiger partial charge in [-0.2, -0.15) is 15.5 Å². The molecule has 0 aliphatic heterocycles. The smallest absolute Gasteiger partial charge is 0.146 e. The van der Waals surface area contributed by atoms with E-state index in [1.165, 1.54) is 5.56 Å². The van der Waals surface area contributed by atoms with E-state index in [4.69, 9.17) is 11.0 Å². The van der Waals surface area contributed by atoms with Crippen LogP contribution in [0.5, 0.6) is 0 Å². The van der Waals surface area contributed by atoms with E-state index >= 15 is 0 Å². The SMILES string of the molecule is Cn1cc(-c2cnc(N)c(NCCC(NCCc3ccc(C#N)cc3)c3cnn(C)c3)c2)cn1. The molecule has 1 unspecified atom stereocenters. The van der Waals surface area contributed by atoms with Crippen molar-refractivity contribution in [3.05, 3.63) is 78.0 Å². The summed E-state index contributed by atoms with van der Waals surface area (Å²) < 4.78 is 3.58. The Balaban J connectivity index is 1.37. The van der Waals surface area contributed by atoms with Crippen molar-refractivity contribution in [3.8, 4) is 17.2 Å². The van der Waals surface area contributed by atoms with Gasteiger partial charge >= 0.3 is 0 Å². The Morgan fingerprint density at radius 1 is 1.00 bits per heavy atom. The Morgan fingerprint density at radius 3 is 2.44 bits per heavy atom. The van der Waals surface area contributed by atoms with Gasteiger partial charge in [0, 0.05) is 62.0 Å². The maximum Gasteiger partial charge on any atom is 0.146 e. The molecule has 0 saturated carbocycles. The fourth-order valence-electron chi connectivity index (χ4n) is 3.84. The van der Waals surface area contributed by atoms with E-state index in [-0.39, 0.29) is 6.04 Å². The minimum atomic E-state index is 0.135. The highest BCUT2D eigenvalue weighted by molar-refractivity contribution is 5.72. The molecule has 0 fully saturated rings. The predicted molar refractivity (Wildman–Crippen MR) is 133 cm³/mol. The fourth-order valence-corrected chi connectivity index (χ4v) is 3.84. The molecule has 174 valence electrons. The zero-order valence-electron chi connectivity index (χ0n) is 19.4. The quantitative estimate of drug-likeness (QED) is 0.336. The number of nitrogens with two attached hydrogens (primary N) is 1. The van der Waals surface area contributed by atoms with Gasteiger partial charge in [0.1, 0.15) is 5.82 Å². The van der Waals surface area contributed by atoms with Crippen molar-refractivity contribution in [2.75, 3.05) is 24.1 Å². The van der Waals surface area contributed by atoms with Crippen LogP contribution in [-0.4, -0.2) is 37.6 Å². The summed E-state index contributed by atoms with van der Waals surface area (Å²) in [6.45, 7) is 1.53. The second-order valence-electron chi connectivity index (χ2n) is 8.29. The van der Waals surface area contributed by atoms with Crippen molar-refractivity contribution in [1.82, 2.24) is 29.9 Å². The van der Waals surface area contributed by atoms with Crippen LogP contribution >= 0.6 is 0 Å². The van der Waals surface area contributed by atoms with E-state index in [1.54, 1.807) is 10.9 Å². The van der Waals surface area contributed by atoms with Crippen molar-refractivity contribution in [2.45, 2.75) is 18.9 Å². The molecule has 4 rings (SSSR count). The van der Waals surface area contributed by atoms with Crippen LogP contribution in [0.3, 0.4) is 0 Å². The number of aromatic nitrogens is 5. The molecular weight excluding hydrogens is 426 g/mol. The molecule has 0 spiro atoms. The first-order valence-electron chi connectivity index (χ1n) is 11.2. The lowest BCUT2D eigenvalue weighted by molar-refractivity contribution is 0.513. The number of benzene rings is 1. The Labute approximate surface area is 199 Å². The van der Waals surface area contributed by atoms with Gasteiger partial charge in [-0.05, 0) is 43.1 Å². The molecule has 34 heavy (non-hydrogen) atoms. The van der Waals surface area contributed by atoms with Crippen molar-refractivity contribution in [2.24, 2.45) is 14.1 Å². The van der Waals surface area contributed by atoms with Gasteiger partial charge in [0.2, 0.25) is 0 Å². The summed E-state index contributed by atoms with van der Waals surface area (Å²) in [5.74, 6) is 0.472. The summed E-state index contributed by atoms with van der Waals surface area (Å²) in [6, 6.07) is 12.0. The summed E-state index contributed by atoms with van der Waals surface area (Å²) in [7, 11) is 3.81. The number of hydrogen-bond donors (Lipinski definition) is 3. The van der Waals surface area contributed by atoms with E-state index in [0.717, 1.165) is 41.8 Å². The van der Waals surface area contributed by atoms with Crippen LogP contribution in [0, 0.1) is 11.3 Å². The van der Waals surface area contributed by atoms with Gasteiger partial charge in [-0.15, -0.1) is 0 Å². The summed E-state index contributed by atoms with van der Waals surface area (Å²) in [6.07, 6.45) is 11.2. The second kappa shape index (κ2) is 10.6. The Bertz CT molecular complexity index is 1260. The first kappa shape index (κ1) is 23.0. The third-order valence-electron chi connectivity index (χ3n) is 5.72. The molecule has 0 aliphatic carbocycles. The molecule has 3 aromatic heterocycles.